The number of aromatic nitrogens is 1. The number of fused-ring (bicyclic) bond motifs is 2. The van der Waals surface area contributed by atoms with Crippen molar-refractivity contribution in [3.05, 3.63) is 54.6 Å². The first-order chi connectivity index (χ1) is 8.90. The van der Waals surface area contributed by atoms with Crippen LogP contribution in [0.3, 0.4) is 0 Å². The van der Waals surface area contributed by atoms with Crippen molar-refractivity contribution in [1.29, 1.82) is 0 Å². The fourth-order valence-corrected chi connectivity index (χ4v) is 2.57. The molecule has 98 valence electrons. The van der Waals surface area contributed by atoms with E-state index in [4.69, 9.17) is 0 Å². The molecule has 0 radical (unpaired) electrons. The zero-order valence-electron chi connectivity index (χ0n) is 11.1. The van der Waals surface area contributed by atoms with Gasteiger partial charge in [-0.2, -0.15) is 4.57 Å². The Balaban J connectivity index is 0.00000133. The molecule has 2 heteroatoms. The molecule has 3 rings (SSSR count). The highest BCUT2D eigenvalue weighted by atomic mass is 127. The smallest absolute Gasteiger partial charge is 0.212 e. The SMILES string of the molecule is CCCC[n+]1c2ccccc2cc2ccccc21.[I-]. The van der Waals surface area contributed by atoms with Gasteiger partial charge < -0.3 is 24.0 Å². The molecule has 0 N–H and O–H groups in total. The lowest BCUT2D eigenvalue weighted by atomic mass is 10.1. The molecule has 0 unspecified atom stereocenters. The quantitative estimate of drug-likeness (QED) is 0.373. The van der Waals surface area contributed by atoms with Gasteiger partial charge in [-0.15, -0.1) is 0 Å². The van der Waals surface area contributed by atoms with E-state index in [2.05, 4.69) is 66.1 Å². The van der Waals surface area contributed by atoms with Gasteiger partial charge in [0, 0.05) is 29.3 Å². The molecule has 0 bridgehead atoms. The Hall–Kier alpha value is -1.16. The minimum atomic E-state index is 0. The Morgan fingerprint density at radius 1 is 0.842 bits per heavy atom. The molecule has 19 heavy (non-hydrogen) atoms. The van der Waals surface area contributed by atoms with E-state index in [1.807, 2.05) is 0 Å². The normalized spacial score (nSPS) is 10.6. The van der Waals surface area contributed by atoms with Gasteiger partial charge in [0.15, 0.2) is 0 Å². The third-order valence-corrected chi connectivity index (χ3v) is 3.50. The Morgan fingerprint density at radius 2 is 1.37 bits per heavy atom. The maximum absolute atomic E-state index is 2.45. The summed E-state index contributed by atoms with van der Waals surface area (Å²) in [6, 6.07) is 19.6. The van der Waals surface area contributed by atoms with Crippen LogP contribution < -0.4 is 28.5 Å². The minimum Gasteiger partial charge on any atom is -1.00 e. The average molecular weight is 363 g/mol. The molecule has 2 aromatic carbocycles. The van der Waals surface area contributed by atoms with Crippen molar-refractivity contribution in [2.45, 2.75) is 26.3 Å². The third kappa shape index (κ3) is 2.73. The Bertz CT molecular complexity index is 637. The van der Waals surface area contributed by atoms with E-state index in [1.165, 1.54) is 34.6 Å². The number of pyridine rings is 1. The number of nitrogens with zero attached hydrogens (tertiary/aromatic N) is 1. The van der Waals surface area contributed by atoms with E-state index in [9.17, 15) is 0 Å². The number of hydrogen-bond donors (Lipinski definition) is 0. The molecule has 0 aliphatic heterocycles. The summed E-state index contributed by atoms with van der Waals surface area (Å²) < 4.78 is 2.45. The summed E-state index contributed by atoms with van der Waals surface area (Å²) in [4.78, 5) is 0. The second-order valence-electron chi connectivity index (χ2n) is 4.77. The third-order valence-electron chi connectivity index (χ3n) is 3.50. The molecule has 0 aliphatic rings. The summed E-state index contributed by atoms with van der Waals surface area (Å²) >= 11 is 0. The first-order valence-corrected chi connectivity index (χ1v) is 6.70. The lowest BCUT2D eigenvalue weighted by Crippen LogP contribution is -3.00. The van der Waals surface area contributed by atoms with Gasteiger partial charge >= 0.3 is 0 Å². The van der Waals surface area contributed by atoms with E-state index >= 15 is 0 Å². The highest BCUT2D eigenvalue weighted by molar-refractivity contribution is 5.88. The summed E-state index contributed by atoms with van der Waals surface area (Å²) in [5.41, 5.74) is 2.68. The molecule has 3 aromatic rings. The maximum Gasteiger partial charge on any atom is 0.212 e. The molecule has 1 aromatic heterocycles. The summed E-state index contributed by atoms with van der Waals surface area (Å²) in [6.45, 7) is 3.34. The molecular weight excluding hydrogens is 345 g/mol. The first kappa shape index (κ1) is 14.3. The molecule has 0 fully saturated rings. The molecule has 0 amide bonds. The van der Waals surface area contributed by atoms with Crippen LogP contribution in [0.15, 0.2) is 54.6 Å². The van der Waals surface area contributed by atoms with E-state index in [1.54, 1.807) is 0 Å². The fourth-order valence-electron chi connectivity index (χ4n) is 2.57. The van der Waals surface area contributed by atoms with E-state index < -0.39 is 0 Å². The molecule has 0 saturated carbocycles. The van der Waals surface area contributed by atoms with E-state index in [0.717, 1.165) is 6.54 Å². The van der Waals surface area contributed by atoms with Crippen molar-refractivity contribution in [3.8, 4) is 0 Å². The van der Waals surface area contributed by atoms with Gasteiger partial charge in [-0.05, 0) is 18.2 Å². The Labute approximate surface area is 131 Å². The fraction of sp³-hybridized carbons (Fsp3) is 0.235. The van der Waals surface area contributed by atoms with Crippen molar-refractivity contribution in [2.75, 3.05) is 0 Å². The standard InChI is InChI=1S/C17H18N.HI/c1-2-3-12-18-16-10-6-4-8-14(16)13-15-9-5-7-11-17(15)18;/h4-11,13H,2-3,12H2,1H3;1H/q+1;/p-1. The summed E-state index contributed by atoms with van der Waals surface area (Å²) in [5.74, 6) is 0. The second kappa shape index (κ2) is 6.33. The average Bonchev–Trinajstić information content (AvgIpc) is 2.43. The van der Waals surface area contributed by atoms with Crippen molar-refractivity contribution >= 4 is 21.8 Å². The highest BCUT2D eigenvalue weighted by Gasteiger charge is 2.13. The first-order valence-electron chi connectivity index (χ1n) is 6.70. The number of hydrogen-bond acceptors (Lipinski definition) is 0. The zero-order valence-corrected chi connectivity index (χ0v) is 13.3. The van der Waals surface area contributed by atoms with E-state index in [-0.39, 0.29) is 24.0 Å². The van der Waals surface area contributed by atoms with Crippen LogP contribution in [0.5, 0.6) is 0 Å². The number of para-hydroxylation sites is 2. The molecule has 0 saturated heterocycles. The van der Waals surface area contributed by atoms with Crippen LogP contribution in [0.4, 0.5) is 0 Å². The molecule has 0 spiro atoms. The number of benzene rings is 2. The van der Waals surface area contributed by atoms with E-state index in [0.29, 0.717) is 0 Å². The Kier molecular flexibility index (Phi) is 4.75. The number of unbranched alkanes of at least 4 members (excludes halogenated alkanes) is 1. The summed E-state index contributed by atoms with van der Waals surface area (Å²) in [5, 5.41) is 2.65. The van der Waals surface area contributed by atoms with Crippen molar-refractivity contribution in [1.82, 2.24) is 0 Å². The molecule has 1 heterocycles. The van der Waals surface area contributed by atoms with Gasteiger partial charge in [0.1, 0.15) is 6.54 Å². The van der Waals surface area contributed by atoms with Crippen LogP contribution in [0.2, 0.25) is 0 Å². The summed E-state index contributed by atoms with van der Waals surface area (Å²) in [7, 11) is 0. The topological polar surface area (TPSA) is 3.88 Å². The lowest BCUT2D eigenvalue weighted by molar-refractivity contribution is -0.645. The van der Waals surface area contributed by atoms with Crippen LogP contribution in [0.1, 0.15) is 19.8 Å². The van der Waals surface area contributed by atoms with Crippen molar-refractivity contribution in [2.24, 2.45) is 0 Å². The summed E-state index contributed by atoms with van der Waals surface area (Å²) in [6.07, 6.45) is 2.45. The van der Waals surface area contributed by atoms with Crippen LogP contribution in [-0.4, -0.2) is 0 Å². The van der Waals surface area contributed by atoms with Crippen LogP contribution in [0.25, 0.3) is 21.8 Å². The van der Waals surface area contributed by atoms with Gasteiger partial charge in [-0.3, -0.25) is 0 Å². The van der Waals surface area contributed by atoms with Crippen LogP contribution in [0, 0.1) is 0 Å². The van der Waals surface area contributed by atoms with Gasteiger partial charge in [0.05, 0.1) is 0 Å². The van der Waals surface area contributed by atoms with Gasteiger partial charge in [0.25, 0.3) is 0 Å². The van der Waals surface area contributed by atoms with Crippen molar-refractivity contribution in [3.63, 3.8) is 0 Å². The molecule has 1 nitrogen and oxygen atoms in total. The van der Waals surface area contributed by atoms with Gasteiger partial charge in [0.2, 0.25) is 11.0 Å². The predicted octanol–water partition coefficient (Wildman–Crippen LogP) is 1.08. The molecule has 0 atom stereocenters. The second-order valence-corrected chi connectivity index (χ2v) is 4.77. The van der Waals surface area contributed by atoms with Gasteiger partial charge in [-0.25, -0.2) is 0 Å². The number of halogens is 1. The van der Waals surface area contributed by atoms with Gasteiger partial charge in [-0.1, -0.05) is 37.6 Å². The number of rotatable bonds is 3. The number of aryl methyl sites for hydroxylation is 1. The lowest BCUT2D eigenvalue weighted by Gasteiger charge is -2.05. The minimum absolute atomic E-state index is 0. The maximum atomic E-state index is 2.45. The van der Waals surface area contributed by atoms with Crippen molar-refractivity contribution < 1.29 is 28.5 Å². The predicted molar refractivity (Wildman–Crippen MR) is 76.6 cm³/mol. The molecule has 0 aliphatic carbocycles. The Morgan fingerprint density at radius 3 is 1.89 bits per heavy atom. The zero-order chi connectivity index (χ0) is 12.4. The van der Waals surface area contributed by atoms with Crippen LogP contribution >= 0.6 is 0 Å². The monoisotopic (exact) mass is 363 g/mol. The van der Waals surface area contributed by atoms with Crippen LogP contribution in [-0.2, 0) is 6.54 Å². The molecular formula is C17H18IN. The largest absolute Gasteiger partial charge is 1.00 e. The highest BCUT2D eigenvalue weighted by Crippen LogP contribution is 2.18.